The molecule has 0 saturated heterocycles. The Labute approximate surface area is 96.1 Å². The molecular formula is C13H17NO2. The molecule has 0 aliphatic carbocycles. The third-order valence-corrected chi connectivity index (χ3v) is 2.04. The number of rotatable bonds is 5. The van der Waals surface area contributed by atoms with E-state index in [2.05, 4.69) is 5.32 Å². The molecule has 0 heterocycles. The number of carbonyl (C=O) groups excluding carboxylic acids is 1. The van der Waals surface area contributed by atoms with Crippen molar-refractivity contribution in [2.45, 2.75) is 20.4 Å². The topological polar surface area (TPSA) is 38.3 Å². The van der Waals surface area contributed by atoms with Gasteiger partial charge in [-0.1, -0.05) is 30.3 Å². The van der Waals surface area contributed by atoms with Gasteiger partial charge in [-0.3, -0.25) is 0 Å². The van der Waals surface area contributed by atoms with E-state index in [1.807, 2.05) is 37.3 Å². The predicted molar refractivity (Wildman–Crippen MR) is 63.7 cm³/mol. The first-order valence-electron chi connectivity index (χ1n) is 5.35. The Morgan fingerprint density at radius 3 is 2.69 bits per heavy atom. The second-order valence-corrected chi connectivity index (χ2v) is 3.42. The molecule has 16 heavy (non-hydrogen) atoms. The molecule has 0 radical (unpaired) electrons. The second kappa shape index (κ2) is 6.67. The average molecular weight is 219 g/mol. The van der Waals surface area contributed by atoms with Crippen LogP contribution < -0.4 is 5.32 Å². The maximum absolute atomic E-state index is 11.1. The van der Waals surface area contributed by atoms with E-state index in [-0.39, 0.29) is 5.97 Å². The third-order valence-electron chi connectivity index (χ3n) is 2.04. The van der Waals surface area contributed by atoms with Crippen LogP contribution in [0.25, 0.3) is 0 Å². The van der Waals surface area contributed by atoms with Gasteiger partial charge in [0.05, 0.1) is 6.61 Å². The molecule has 0 atom stereocenters. The summed E-state index contributed by atoms with van der Waals surface area (Å²) >= 11 is 0. The number of hydrogen-bond donors (Lipinski definition) is 1. The number of allylic oxidation sites excluding steroid dienone is 1. The summed E-state index contributed by atoms with van der Waals surface area (Å²) in [6, 6.07) is 10.0. The Balaban J connectivity index is 2.40. The van der Waals surface area contributed by atoms with E-state index in [0.717, 1.165) is 5.70 Å². The minimum Gasteiger partial charge on any atom is -0.463 e. The van der Waals surface area contributed by atoms with E-state index >= 15 is 0 Å². The summed E-state index contributed by atoms with van der Waals surface area (Å²) in [4.78, 5) is 11.1. The first-order chi connectivity index (χ1) is 7.72. The molecule has 3 heteroatoms. The molecular weight excluding hydrogens is 202 g/mol. The van der Waals surface area contributed by atoms with Crippen molar-refractivity contribution in [1.82, 2.24) is 5.32 Å². The minimum absolute atomic E-state index is 0.305. The zero-order valence-corrected chi connectivity index (χ0v) is 9.69. The smallest absolute Gasteiger partial charge is 0.332 e. The zero-order valence-electron chi connectivity index (χ0n) is 9.69. The van der Waals surface area contributed by atoms with Crippen LogP contribution in [-0.4, -0.2) is 12.6 Å². The van der Waals surface area contributed by atoms with E-state index in [9.17, 15) is 4.79 Å². The molecule has 0 amide bonds. The molecule has 0 saturated carbocycles. The van der Waals surface area contributed by atoms with Crippen LogP contribution in [0.4, 0.5) is 0 Å². The lowest BCUT2D eigenvalue weighted by Crippen LogP contribution is -2.12. The largest absolute Gasteiger partial charge is 0.463 e. The lowest BCUT2D eigenvalue weighted by molar-refractivity contribution is -0.137. The van der Waals surface area contributed by atoms with Gasteiger partial charge < -0.3 is 10.1 Å². The fraction of sp³-hybridized carbons (Fsp3) is 0.308. The highest BCUT2D eigenvalue weighted by Crippen LogP contribution is 1.99. The van der Waals surface area contributed by atoms with Gasteiger partial charge in [-0.15, -0.1) is 0 Å². The van der Waals surface area contributed by atoms with E-state index in [4.69, 9.17) is 4.74 Å². The predicted octanol–water partition coefficient (Wildman–Crippen LogP) is 2.24. The Hall–Kier alpha value is -1.77. The van der Waals surface area contributed by atoms with Crippen molar-refractivity contribution in [3.05, 3.63) is 47.7 Å². The van der Waals surface area contributed by atoms with Gasteiger partial charge in [-0.05, 0) is 19.4 Å². The van der Waals surface area contributed by atoms with Gasteiger partial charge in [0, 0.05) is 18.3 Å². The van der Waals surface area contributed by atoms with Gasteiger partial charge in [-0.25, -0.2) is 4.79 Å². The number of carbonyl (C=O) groups is 1. The fourth-order valence-electron chi connectivity index (χ4n) is 1.25. The fourth-order valence-corrected chi connectivity index (χ4v) is 1.25. The quantitative estimate of drug-likeness (QED) is 0.609. The third kappa shape index (κ3) is 4.64. The summed E-state index contributed by atoms with van der Waals surface area (Å²) in [6.07, 6.45) is 1.46. The van der Waals surface area contributed by atoms with Crippen molar-refractivity contribution < 1.29 is 9.53 Å². The molecule has 0 aliphatic heterocycles. The minimum atomic E-state index is -0.305. The molecule has 0 aliphatic rings. The molecule has 3 nitrogen and oxygen atoms in total. The summed E-state index contributed by atoms with van der Waals surface area (Å²) in [5.41, 5.74) is 1.99. The van der Waals surface area contributed by atoms with Crippen molar-refractivity contribution in [2.75, 3.05) is 6.61 Å². The van der Waals surface area contributed by atoms with Crippen molar-refractivity contribution in [3.8, 4) is 0 Å². The molecule has 1 N–H and O–H groups in total. The van der Waals surface area contributed by atoms with Gasteiger partial charge in [0.15, 0.2) is 0 Å². The lowest BCUT2D eigenvalue weighted by atomic mass is 10.2. The highest BCUT2D eigenvalue weighted by Gasteiger charge is 1.97. The number of esters is 1. The van der Waals surface area contributed by atoms with Crippen LogP contribution in [0.15, 0.2) is 42.1 Å². The Kier molecular flexibility index (Phi) is 5.12. The number of ether oxygens (including phenoxy) is 1. The Bertz CT molecular complexity index is 357. The summed E-state index contributed by atoms with van der Waals surface area (Å²) in [7, 11) is 0. The van der Waals surface area contributed by atoms with Crippen molar-refractivity contribution in [1.29, 1.82) is 0 Å². The number of benzene rings is 1. The van der Waals surface area contributed by atoms with Crippen LogP contribution in [0, 0.1) is 0 Å². The molecule has 0 bridgehead atoms. The van der Waals surface area contributed by atoms with Crippen LogP contribution in [-0.2, 0) is 16.1 Å². The van der Waals surface area contributed by atoms with Gasteiger partial charge in [-0.2, -0.15) is 0 Å². The first-order valence-corrected chi connectivity index (χ1v) is 5.35. The molecule has 1 rings (SSSR count). The standard InChI is InChI=1S/C13H17NO2/c1-3-16-13(15)9-11(2)14-10-12-7-5-4-6-8-12/h4-9,14H,3,10H2,1-2H3. The molecule has 1 aromatic carbocycles. The second-order valence-electron chi connectivity index (χ2n) is 3.42. The summed E-state index contributed by atoms with van der Waals surface area (Å²) in [5.74, 6) is -0.305. The lowest BCUT2D eigenvalue weighted by Gasteiger charge is -2.06. The maximum Gasteiger partial charge on any atom is 0.332 e. The van der Waals surface area contributed by atoms with Crippen molar-refractivity contribution in [2.24, 2.45) is 0 Å². The van der Waals surface area contributed by atoms with Crippen molar-refractivity contribution >= 4 is 5.97 Å². The first kappa shape index (κ1) is 12.3. The molecule has 0 unspecified atom stereocenters. The molecule has 0 aromatic heterocycles. The normalized spacial score (nSPS) is 11.0. The number of hydrogen-bond acceptors (Lipinski definition) is 3. The van der Waals surface area contributed by atoms with E-state index < -0.39 is 0 Å². The SMILES string of the molecule is CCOC(=O)C=C(C)NCc1ccccc1. The molecule has 1 aromatic rings. The van der Waals surface area contributed by atoms with Crippen molar-refractivity contribution in [3.63, 3.8) is 0 Å². The zero-order chi connectivity index (χ0) is 11.8. The highest BCUT2D eigenvalue weighted by molar-refractivity contribution is 5.82. The number of nitrogens with one attached hydrogen (secondary N) is 1. The summed E-state index contributed by atoms with van der Waals surface area (Å²) < 4.78 is 4.81. The highest BCUT2D eigenvalue weighted by atomic mass is 16.5. The van der Waals surface area contributed by atoms with Crippen LogP contribution in [0.1, 0.15) is 19.4 Å². The maximum atomic E-state index is 11.1. The van der Waals surface area contributed by atoms with Crippen LogP contribution in [0.3, 0.4) is 0 Å². The van der Waals surface area contributed by atoms with E-state index in [0.29, 0.717) is 13.2 Å². The van der Waals surface area contributed by atoms with E-state index in [1.165, 1.54) is 11.6 Å². The van der Waals surface area contributed by atoms with Gasteiger partial charge in [0.25, 0.3) is 0 Å². The van der Waals surface area contributed by atoms with Gasteiger partial charge >= 0.3 is 5.97 Å². The summed E-state index contributed by atoms with van der Waals surface area (Å²) in [5, 5.41) is 3.15. The molecule has 0 spiro atoms. The van der Waals surface area contributed by atoms with Crippen LogP contribution >= 0.6 is 0 Å². The summed E-state index contributed by atoms with van der Waals surface area (Å²) in [6.45, 7) is 4.75. The molecule has 0 fully saturated rings. The van der Waals surface area contributed by atoms with Crippen LogP contribution in [0.5, 0.6) is 0 Å². The molecule has 86 valence electrons. The van der Waals surface area contributed by atoms with E-state index in [1.54, 1.807) is 6.92 Å². The van der Waals surface area contributed by atoms with Gasteiger partial charge in [0.2, 0.25) is 0 Å². The Morgan fingerprint density at radius 1 is 1.38 bits per heavy atom. The monoisotopic (exact) mass is 219 g/mol. The van der Waals surface area contributed by atoms with Gasteiger partial charge in [0.1, 0.15) is 0 Å². The average Bonchev–Trinajstić information content (AvgIpc) is 2.28. The van der Waals surface area contributed by atoms with Crippen LogP contribution in [0.2, 0.25) is 0 Å². The Morgan fingerprint density at radius 2 is 2.06 bits per heavy atom.